The summed E-state index contributed by atoms with van der Waals surface area (Å²) < 4.78 is 0. The van der Waals surface area contributed by atoms with E-state index >= 15 is 0 Å². The van der Waals surface area contributed by atoms with Crippen molar-refractivity contribution >= 4 is 5.91 Å². The zero-order valence-electron chi connectivity index (χ0n) is 7.55. The maximum absolute atomic E-state index is 10.9. The molecule has 1 saturated heterocycles. The first-order valence-corrected chi connectivity index (χ1v) is 4.39. The number of nitrogens with one attached hydrogen (secondary N) is 1. The van der Waals surface area contributed by atoms with E-state index in [1.165, 1.54) is 0 Å². The standard InChI is InChI=1S/C8H16N3O/c1-9-8(12)2-5-11-6-3-10-4-7-11/h2-7H2,1H3,(H,9,12). The van der Waals surface area contributed by atoms with Crippen molar-refractivity contribution in [1.29, 1.82) is 0 Å². The Kier molecular flexibility index (Phi) is 4.04. The molecule has 0 unspecified atom stereocenters. The number of carbonyl (C=O) groups is 1. The quantitative estimate of drug-likeness (QED) is 0.593. The number of carbonyl (C=O) groups excluding carboxylic acids is 1. The van der Waals surface area contributed by atoms with Crippen molar-refractivity contribution in [2.75, 3.05) is 39.8 Å². The minimum atomic E-state index is 0.123. The van der Waals surface area contributed by atoms with Crippen LogP contribution in [0.15, 0.2) is 0 Å². The summed E-state index contributed by atoms with van der Waals surface area (Å²) in [4.78, 5) is 13.2. The molecule has 12 heavy (non-hydrogen) atoms. The van der Waals surface area contributed by atoms with Crippen molar-refractivity contribution in [2.45, 2.75) is 6.42 Å². The van der Waals surface area contributed by atoms with Crippen LogP contribution >= 0.6 is 0 Å². The minimum absolute atomic E-state index is 0.123. The molecule has 1 amide bonds. The van der Waals surface area contributed by atoms with Gasteiger partial charge in [0.2, 0.25) is 5.91 Å². The summed E-state index contributed by atoms with van der Waals surface area (Å²) in [5.41, 5.74) is 0. The number of hydrogen-bond acceptors (Lipinski definition) is 2. The monoisotopic (exact) mass is 170 g/mol. The molecular weight excluding hydrogens is 154 g/mol. The van der Waals surface area contributed by atoms with Gasteiger partial charge in [0.25, 0.3) is 0 Å². The maximum atomic E-state index is 10.9. The van der Waals surface area contributed by atoms with Crippen LogP contribution in [0.3, 0.4) is 0 Å². The average Bonchev–Trinajstić information content (AvgIpc) is 2.16. The summed E-state index contributed by atoms with van der Waals surface area (Å²) in [5.74, 6) is 0.123. The Balaban J connectivity index is 2.09. The Hall–Kier alpha value is -0.610. The zero-order valence-corrected chi connectivity index (χ0v) is 7.55. The Labute approximate surface area is 73.3 Å². The number of hydrogen-bond donors (Lipinski definition) is 1. The third-order valence-electron chi connectivity index (χ3n) is 2.08. The minimum Gasteiger partial charge on any atom is -0.359 e. The molecular formula is C8H16N3O. The maximum Gasteiger partial charge on any atom is 0.221 e. The highest BCUT2D eigenvalue weighted by Gasteiger charge is 2.10. The molecule has 1 rings (SSSR count). The normalized spacial score (nSPS) is 19.1. The predicted octanol–water partition coefficient (Wildman–Crippen LogP) is -0.957. The van der Waals surface area contributed by atoms with Crippen molar-refractivity contribution < 1.29 is 4.79 Å². The van der Waals surface area contributed by atoms with Gasteiger partial charge in [0.05, 0.1) is 0 Å². The summed E-state index contributed by atoms with van der Waals surface area (Å²) in [5, 5.41) is 6.85. The first kappa shape index (κ1) is 9.48. The molecule has 1 heterocycles. The van der Waals surface area contributed by atoms with E-state index in [9.17, 15) is 4.79 Å². The van der Waals surface area contributed by atoms with Crippen LogP contribution in [-0.4, -0.2) is 50.6 Å². The molecule has 0 aromatic carbocycles. The van der Waals surface area contributed by atoms with Crippen LogP contribution in [0.4, 0.5) is 0 Å². The molecule has 1 radical (unpaired) electrons. The second-order valence-corrected chi connectivity index (χ2v) is 2.94. The fraction of sp³-hybridized carbons (Fsp3) is 0.875. The van der Waals surface area contributed by atoms with Gasteiger partial charge in [0.1, 0.15) is 0 Å². The summed E-state index contributed by atoms with van der Waals surface area (Å²) in [7, 11) is 1.67. The van der Waals surface area contributed by atoms with Gasteiger partial charge in [-0.15, -0.1) is 0 Å². The van der Waals surface area contributed by atoms with E-state index < -0.39 is 0 Å². The van der Waals surface area contributed by atoms with Gasteiger partial charge in [0, 0.05) is 46.2 Å². The lowest BCUT2D eigenvalue weighted by Crippen LogP contribution is -2.41. The van der Waals surface area contributed by atoms with Crippen LogP contribution in [0, 0.1) is 0 Å². The smallest absolute Gasteiger partial charge is 0.221 e. The third kappa shape index (κ3) is 3.19. The van der Waals surface area contributed by atoms with E-state index in [4.69, 9.17) is 0 Å². The average molecular weight is 170 g/mol. The van der Waals surface area contributed by atoms with Crippen molar-refractivity contribution in [3.8, 4) is 0 Å². The van der Waals surface area contributed by atoms with E-state index in [-0.39, 0.29) is 5.91 Å². The molecule has 0 aromatic rings. The second kappa shape index (κ2) is 5.11. The van der Waals surface area contributed by atoms with Gasteiger partial charge in [-0.05, 0) is 0 Å². The summed E-state index contributed by atoms with van der Waals surface area (Å²) in [6.45, 7) is 4.74. The predicted molar refractivity (Wildman–Crippen MR) is 47.0 cm³/mol. The lowest BCUT2D eigenvalue weighted by atomic mass is 10.3. The van der Waals surface area contributed by atoms with E-state index in [0.717, 1.165) is 32.7 Å². The molecule has 1 fully saturated rings. The van der Waals surface area contributed by atoms with Gasteiger partial charge < -0.3 is 10.2 Å². The number of amides is 1. The summed E-state index contributed by atoms with van der Waals surface area (Å²) >= 11 is 0. The van der Waals surface area contributed by atoms with Crippen LogP contribution in [0.25, 0.3) is 0 Å². The molecule has 4 heteroatoms. The van der Waals surface area contributed by atoms with E-state index in [2.05, 4.69) is 15.5 Å². The molecule has 1 aliphatic rings. The fourth-order valence-corrected chi connectivity index (χ4v) is 1.26. The van der Waals surface area contributed by atoms with Gasteiger partial charge in [-0.25, -0.2) is 5.32 Å². The second-order valence-electron chi connectivity index (χ2n) is 2.94. The van der Waals surface area contributed by atoms with Crippen molar-refractivity contribution in [1.82, 2.24) is 15.5 Å². The largest absolute Gasteiger partial charge is 0.359 e. The molecule has 0 aromatic heterocycles. The SMILES string of the molecule is CNC(=O)CCN1CC[N]CC1. The highest BCUT2D eigenvalue weighted by atomic mass is 16.1. The van der Waals surface area contributed by atoms with Gasteiger partial charge in [-0.3, -0.25) is 4.79 Å². The zero-order chi connectivity index (χ0) is 8.81. The van der Waals surface area contributed by atoms with Crippen molar-refractivity contribution in [3.05, 3.63) is 0 Å². The van der Waals surface area contributed by atoms with E-state index in [1.807, 2.05) is 0 Å². The van der Waals surface area contributed by atoms with Gasteiger partial charge in [0.15, 0.2) is 0 Å². The van der Waals surface area contributed by atoms with Crippen LogP contribution in [-0.2, 0) is 4.79 Å². The molecule has 0 spiro atoms. The Bertz CT molecular complexity index is 143. The lowest BCUT2D eigenvalue weighted by molar-refractivity contribution is -0.120. The highest BCUT2D eigenvalue weighted by Crippen LogP contribution is 1.94. The van der Waals surface area contributed by atoms with Crippen molar-refractivity contribution in [3.63, 3.8) is 0 Å². The third-order valence-corrected chi connectivity index (χ3v) is 2.08. The number of rotatable bonds is 3. The van der Waals surface area contributed by atoms with Gasteiger partial charge in [-0.1, -0.05) is 0 Å². The number of piperazine rings is 1. The van der Waals surface area contributed by atoms with Gasteiger partial charge >= 0.3 is 0 Å². The number of nitrogens with zero attached hydrogens (tertiary/aromatic N) is 2. The first-order chi connectivity index (χ1) is 5.83. The van der Waals surface area contributed by atoms with E-state index in [1.54, 1.807) is 7.05 Å². The van der Waals surface area contributed by atoms with Crippen LogP contribution in [0.5, 0.6) is 0 Å². The van der Waals surface area contributed by atoms with Crippen LogP contribution < -0.4 is 10.6 Å². The molecule has 0 saturated carbocycles. The van der Waals surface area contributed by atoms with E-state index in [0.29, 0.717) is 6.42 Å². The molecule has 0 bridgehead atoms. The van der Waals surface area contributed by atoms with Crippen LogP contribution in [0.1, 0.15) is 6.42 Å². The highest BCUT2D eigenvalue weighted by molar-refractivity contribution is 5.75. The molecule has 4 nitrogen and oxygen atoms in total. The van der Waals surface area contributed by atoms with Crippen LogP contribution in [0.2, 0.25) is 0 Å². The Morgan fingerprint density at radius 2 is 2.17 bits per heavy atom. The fourth-order valence-electron chi connectivity index (χ4n) is 1.26. The molecule has 1 aliphatic heterocycles. The molecule has 1 N–H and O–H groups in total. The Morgan fingerprint density at radius 1 is 1.50 bits per heavy atom. The topological polar surface area (TPSA) is 46.4 Å². The lowest BCUT2D eigenvalue weighted by Gasteiger charge is -2.25. The first-order valence-electron chi connectivity index (χ1n) is 4.39. The Morgan fingerprint density at radius 3 is 2.75 bits per heavy atom. The molecule has 0 aliphatic carbocycles. The van der Waals surface area contributed by atoms with Gasteiger partial charge in [-0.2, -0.15) is 0 Å². The summed E-state index contributed by atoms with van der Waals surface area (Å²) in [6.07, 6.45) is 0.608. The van der Waals surface area contributed by atoms with Crippen molar-refractivity contribution in [2.24, 2.45) is 0 Å². The summed E-state index contributed by atoms with van der Waals surface area (Å²) in [6, 6.07) is 0. The molecule has 0 atom stereocenters. The molecule has 69 valence electrons.